The molecule has 1 unspecified atom stereocenters. The summed E-state index contributed by atoms with van der Waals surface area (Å²) in [5.74, 6) is -0.345. The van der Waals surface area contributed by atoms with Crippen molar-refractivity contribution in [1.82, 2.24) is 9.55 Å². The number of imidazole rings is 1. The lowest BCUT2D eigenvalue weighted by molar-refractivity contribution is 0.0511. The fourth-order valence-electron chi connectivity index (χ4n) is 1.44. The summed E-state index contributed by atoms with van der Waals surface area (Å²) < 4.78 is 6.70. The van der Waals surface area contributed by atoms with Crippen LogP contribution in [-0.2, 0) is 4.74 Å². The van der Waals surface area contributed by atoms with Crippen LogP contribution in [-0.4, -0.2) is 28.7 Å². The van der Waals surface area contributed by atoms with Crippen LogP contribution >= 0.6 is 0 Å². The molecule has 0 spiro atoms. The van der Waals surface area contributed by atoms with Gasteiger partial charge in [-0.3, -0.25) is 0 Å². The van der Waals surface area contributed by atoms with Gasteiger partial charge in [0.1, 0.15) is 5.69 Å². The Bertz CT molecular complexity index is 318. The molecule has 1 atom stereocenters. The van der Waals surface area contributed by atoms with E-state index in [9.17, 15) is 4.79 Å². The zero-order chi connectivity index (χ0) is 11.3. The molecule has 0 bridgehead atoms. The van der Waals surface area contributed by atoms with Crippen molar-refractivity contribution in [3.8, 4) is 0 Å². The van der Waals surface area contributed by atoms with Crippen LogP contribution in [0.15, 0.2) is 12.5 Å². The molecule has 2 N–H and O–H groups in total. The van der Waals surface area contributed by atoms with Crippen molar-refractivity contribution in [2.24, 2.45) is 5.73 Å². The molecule has 84 valence electrons. The van der Waals surface area contributed by atoms with Gasteiger partial charge in [0.15, 0.2) is 0 Å². The molecular formula is C10H17N3O2. The smallest absolute Gasteiger partial charge is 0.356 e. The first-order chi connectivity index (χ1) is 7.24. The number of hydrogen-bond acceptors (Lipinski definition) is 4. The highest BCUT2D eigenvalue weighted by atomic mass is 16.5. The zero-order valence-corrected chi connectivity index (χ0v) is 9.14. The van der Waals surface area contributed by atoms with Gasteiger partial charge in [-0.05, 0) is 13.3 Å². The van der Waals surface area contributed by atoms with Crippen molar-refractivity contribution in [2.75, 3.05) is 13.2 Å². The van der Waals surface area contributed by atoms with Crippen molar-refractivity contribution in [3.05, 3.63) is 18.2 Å². The third-order valence-electron chi connectivity index (χ3n) is 2.29. The molecule has 0 amide bonds. The van der Waals surface area contributed by atoms with E-state index in [1.54, 1.807) is 17.8 Å². The van der Waals surface area contributed by atoms with E-state index in [0.717, 1.165) is 6.42 Å². The van der Waals surface area contributed by atoms with Crippen LogP contribution in [0.2, 0.25) is 0 Å². The molecule has 0 aliphatic carbocycles. The summed E-state index contributed by atoms with van der Waals surface area (Å²) in [6, 6.07) is 0.104. The molecule has 1 aromatic rings. The van der Waals surface area contributed by atoms with Gasteiger partial charge in [0.2, 0.25) is 0 Å². The summed E-state index contributed by atoms with van der Waals surface area (Å²) >= 11 is 0. The standard InChI is InChI=1S/C10H17N3O2/c1-3-8(5-11)13-7-12-6-9(13)10(14)15-4-2/h6-8H,3-5,11H2,1-2H3. The molecule has 1 heterocycles. The maximum absolute atomic E-state index is 11.5. The van der Waals surface area contributed by atoms with Crippen molar-refractivity contribution in [2.45, 2.75) is 26.3 Å². The Morgan fingerprint density at radius 2 is 2.40 bits per heavy atom. The predicted molar refractivity (Wildman–Crippen MR) is 56.6 cm³/mol. The van der Waals surface area contributed by atoms with Crippen LogP contribution in [0.25, 0.3) is 0 Å². The second-order valence-corrected chi connectivity index (χ2v) is 3.20. The van der Waals surface area contributed by atoms with E-state index in [1.807, 2.05) is 6.92 Å². The zero-order valence-electron chi connectivity index (χ0n) is 9.14. The van der Waals surface area contributed by atoms with Gasteiger partial charge in [-0.1, -0.05) is 6.92 Å². The molecule has 0 radical (unpaired) electrons. The molecule has 0 saturated carbocycles. The molecule has 0 aromatic carbocycles. The molecule has 1 rings (SSSR count). The minimum absolute atomic E-state index is 0.104. The number of carbonyl (C=O) groups excluding carboxylic acids is 1. The van der Waals surface area contributed by atoms with Crippen LogP contribution in [0.5, 0.6) is 0 Å². The molecule has 5 nitrogen and oxygen atoms in total. The number of aromatic nitrogens is 2. The fraction of sp³-hybridized carbons (Fsp3) is 0.600. The maximum Gasteiger partial charge on any atom is 0.356 e. The Morgan fingerprint density at radius 1 is 1.67 bits per heavy atom. The minimum atomic E-state index is -0.345. The summed E-state index contributed by atoms with van der Waals surface area (Å²) in [7, 11) is 0. The lowest BCUT2D eigenvalue weighted by Gasteiger charge is -2.16. The lowest BCUT2D eigenvalue weighted by atomic mass is 10.2. The van der Waals surface area contributed by atoms with Crippen LogP contribution < -0.4 is 5.73 Å². The highest BCUT2D eigenvalue weighted by molar-refractivity contribution is 5.87. The number of nitrogens with zero attached hydrogens (tertiary/aromatic N) is 2. The average Bonchev–Trinajstić information content (AvgIpc) is 2.69. The van der Waals surface area contributed by atoms with Gasteiger partial charge >= 0.3 is 5.97 Å². The second-order valence-electron chi connectivity index (χ2n) is 3.20. The van der Waals surface area contributed by atoms with Crippen molar-refractivity contribution < 1.29 is 9.53 Å². The van der Waals surface area contributed by atoms with E-state index in [0.29, 0.717) is 18.8 Å². The number of nitrogens with two attached hydrogens (primary N) is 1. The molecule has 15 heavy (non-hydrogen) atoms. The first kappa shape index (κ1) is 11.7. The summed E-state index contributed by atoms with van der Waals surface area (Å²) in [4.78, 5) is 15.5. The number of rotatable bonds is 5. The topological polar surface area (TPSA) is 70.1 Å². The van der Waals surface area contributed by atoms with Crippen molar-refractivity contribution in [3.63, 3.8) is 0 Å². The van der Waals surface area contributed by atoms with Crippen LogP contribution in [0.4, 0.5) is 0 Å². The number of carbonyl (C=O) groups is 1. The average molecular weight is 211 g/mol. The highest BCUT2D eigenvalue weighted by Gasteiger charge is 2.17. The Labute approximate surface area is 89.2 Å². The monoisotopic (exact) mass is 211 g/mol. The van der Waals surface area contributed by atoms with Gasteiger partial charge in [0.05, 0.1) is 19.1 Å². The second kappa shape index (κ2) is 5.50. The normalized spacial score (nSPS) is 12.5. The molecule has 0 aliphatic rings. The quantitative estimate of drug-likeness (QED) is 0.737. The predicted octanol–water partition coefficient (Wildman–Crippen LogP) is 0.970. The van der Waals surface area contributed by atoms with Gasteiger partial charge < -0.3 is 15.0 Å². The molecule has 5 heteroatoms. The molecule has 1 aromatic heterocycles. The Morgan fingerprint density at radius 3 is 2.93 bits per heavy atom. The lowest BCUT2D eigenvalue weighted by Crippen LogP contribution is -2.22. The number of esters is 1. The first-order valence-corrected chi connectivity index (χ1v) is 5.13. The van der Waals surface area contributed by atoms with E-state index in [1.165, 1.54) is 6.20 Å². The van der Waals surface area contributed by atoms with E-state index < -0.39 is 0 Å². The van der Waals surface area contributed by atoms with Gasteiger partial charge in [0, 0.05) is 12.6 Å². The van der Waals surface area contributed by atoms with Gasteiger partial charge in [-0.2, -0.15) is 0 Å². The van der Waals surface area contributed by atoms with Gasteiger partial charge in [0.25, 0.3) is 0 Å². The summed E-state index contributed by atoms with van der Waals surface area (Å²) in [5, 5.41) is 0. The Hall–Kier alpha value is -1.36. The van der Waals surface area contributed by atoms with Crippen LogP contribution in [0.1, 0.15) is 36.8 Å². The van der Waals surface area contributed by atoms with Gasteiger partial charge in [-0.15, -0.1) is 0 Å². The number of hydrogen-bond donors (Lipinski definition) is 1. The molecular weight excluding hydrogens is 194 g/mol. The SMILES string of the molecule is CCOC(=O)c1cncn1C(CC)CN. The molecule has 0 saturated heterocycles. The van der Waals surface area contributed by atoms with E-state index in [2.05, 4.69) is 4.98 Å². The van der Waals surface area contributed by atoms with E-state index in [4.69, 9.17) is 10.5 Å². The fourth-order valence-corrected chi connectivity index (χ4v) is 1.44. The first-order valence-electron chi connectivity index (χ1n) is 5.13. The Kier molecular flexibility index (Phi) is 4.30. The Balaban J connectivity index is 2.89. The van der Waals surface area contributed by atoms with Crippen molar-refractivity contribution >= 4 is 5.97 Å². The van der Waals surface area contributed by atoms with E-state index >= 15 is 0 Å². The largest absolute Gasteiger partial charge is 0.461 e. The maximum atomic E-state index is 11.5. The van der Waals surface area contributed by atoms with Crippen LogP contribution in [0.3, 0.4) is 0 Å². The summed E-state index contributed by atoms with van der Waals surface area (Å²) in [6.45, 7) is 4.65. The third-order valence-corrected chi connectivity index (χ3v) is 2.29. The minimum Gasteiger partial charge on any atom is -0.461 e. The van der Waals surface area contributed by atoms with Gasteiger partial charge in [-0.25, -0.2) is 9.78 Å². The number of ether oxygens (including phenoxy) is 1. The summed E-state index contributed by atoms with van der Waals surface area (Å²) in [6.07, 6.45) is 3.99. The molecule has 0 fully saturated rings. The highest BCUT2D eigenvalue weighted by Crippen LogP contribution is 2.13. The van der Waals surface area contributed by atoms with Crippen molar-refractivity contribution in [1.29, 1.82) is 0 Å². The molecule has 0 aliphatic heterocycles. The van der Waals surface area contributed by atoms with E-state index in [-0.39, 0.29) is 12.0 Å². The van der Waals surface area contributed by atoms with Crippen LogP contribution in [0, 0.1) is 0 Å². The summed E-state index contributed by atoms with van der Waals surface area (Å²) in [5.41, 5.74) is 6.08. The third kappa shape index (κ3) is 2.56.